The number of ether oxygens (including phenoxy) is 1. The number of anilines is 1. The summed E-state index contributed by atoms with van der Waals surface area (Å²) in [6.07, 6.45) is 0.325. The van der Waals surface area contributed by atoms with Crippen LogP contribution < -0.4 is 10.1 Å². The highest BCUT2D eigenvalue weighted by molar-refractivity contribution is 5.91. The molecule has 0 atom stereocenters. The standard InChI is InChI=1S/C15H21N3O2/c1-12(2)11-18(10-6-9-16)15(19)17-13-7-4-5-8-14(13)20-3/h4-5,7-8,12H,6,10-11H2,1-3H3,(H,17,19). The Morgan fingerprint density at radius 1 is 1.45 bits per heavy atom. The molecular formula is C15H21N3O2. The summed E-state index contributed by atoms with van der Waals surface area (Å²) >= 11 is 0. The molecule has 108 valence electrons. The van der Waals surface area contributed by atoms with Crippen molar-refractivity contribution in [1.29, 1.82) is 5.26 Å². The Morgan fingerprint density at radius 3 is 2.75 bits per heavy atom. The summed E-state index contributed by atoms with van der Waals surface area (Å²) < 4.78 is 5.20. The predicted octanol–water partition coefficient (Wildman–Crippen LogP) is 3.10. The number of carbonyl (C=O) groups excluding carboxylic acids is 1. The molecule has 1 rings (SSSR count). The third-order valence-electron chi connectivity index (χ3n) is 2.71. The molecule has 0 radical (unpaired) electrons. The molecule has 0 fully saturated rings. The first-order valence-electron chi connectivity index (χ1n) is 6.64. The molecule has 0 unspecified atom stereocenters. The number of urea groups is 1. The lowest BCUT2D eigenvalue weighted by Gasteiger charge is -2.24. The van der Waals surface area contributed by atoms with Crippen LogP contribution >= 0.6 is 0 Å². The highest BCUT2D eigenvalue weighted by Gasteiger charge is 2.16. The van der Waals surface area contributed by atoms with Crippen molar-refractivity contribution < 1.29 is 9.53 Å². The minimum atomic E-state index is -0.210. The second-order valence-corrected chi connectivity index (χ2v) is 4.88. The van der Waals surface area contributed by atoms with Crippen molar-refractivity contribution in [3.05, 3.63) is 24.3 Å². The van der Waals surface area contributed by atoms with Crippen molar-refractivity contribution in [2.75, 3.05) is 25.5 Å². The molecule has 0 aliphatic heterocycles. The number of hydrogen-bond acceptors (Lipinski definition) is 3. The van der Waals surface area contributed by atoms with Gasteiger partial charge in [0.25, 0.3) is 0 Å². The third kappa shape index (κ3) is 4.81. The molecule has 5 heteroatoms. The van der Waals surface area contributed by atoms with E-state index in [0.717, 1.165) is 0 Å². The second kappa shape index (κ2) is 8.05. The van der Waals surface area contributed by atoms with E-state index >= 15 is 0 Å². The average molecular weight is 275 g/mol. The summed E-state index contributed by atoms with van der Waals surface area (Å²) in [6, 6.07) is 9.11. The van der Waals surface area contributed by atoms with Crippen LogP contribution in [0.4, 0.5) is 10.5 Å². The van der Waals surface area contributed by atoms with Crippen LogP contribution in [-0.2, 0) is 0 Å². The molecule has 0 aliphatic rings. The number of para-hydroxylation sites is 2. The van der Waals surface area contributed by atoms with Gasteiger partial charge in [0.2, 0.25) is 0 Å². The van der Waals surface area contributed by atoms with E-state index < -0.39 is 0 Å². The molecule has 1 N–H and O–H groups in total. The number of hydrogen-bond donors (Lipinski definition) is 1. The fourth-order valence-electron chi connectivity index (χ4n) is 1.84. The molecule has 0 saturated carbocycles. The largest absolute Gasteiger partial charge is 0.495 e. The van der Waals surface area contributed by atoms with Crippen LogP contribution in [0.3, 0.4) is 0 Å². The van der Waals surface area contributed by atoms with Gasteiger partial charge in [-0.15, -0.1) is 0 Å². The zero-order valence-electron chi connectivity index (χ0n) is 12.2. The predicted molar refractivity (Wildman–Crippen MR) is 78.7 cm³/mol. The summed E-state index contributed by atoms with van der Waals surface area (Å²) in [4.78, 5) is 13.9. The first-order chi connectivity index (χ1) is 9.58. The molecule has 0 spiro atoms. The average Bonchev–Trinajstić information content (AvgIpc) is 2.43. The molecule has 0 saturated heterocycles. The summed E-state index contributed by atoms with van der Waals surface area (Å²) in [5.74, 6) is 0.961. The number of rotatable bonds is 6. The molecule has 5 nitrogen and oxygen atoms in total. The monoisotopic (exact) mass is 275 g/mol. The fraction of sp³-hybridized carbons (Fsp3) is 0.467. The molecular weight excluding hydrogens is 254 g/mol. The first-order valence-corrected chi connectivity index (χ1v) is 6.64. The van der Waals surface area contributed by atoms with E-state index in [0.29, 0.717) is 36.9 Å². The summed E-state index contributed by atoms with van der Waals surface area (Å²) in [7, 11) is 1.56. The number of carbonyl (C=O) groups is 1. The van der Waals surface area contributed by atoms with Crippen LogP contribution in [0.2, 0.25) is 0 Å². The van der Waals surface area contributed by atoms with Crippen molar-refractivity contribution >= 4 is 11.7 Å². The fourth-order valence-corrected chi connectivity index (χ4v) is 1.84. The van der Waals surface area contributed by atoms with Gasteiger partial charge in [0.1, 0.15) is 5.75 Å². The van der Waals surface area contributed by atoms with Crippen LogP contribution in [-0.4, -0.2) is 31.1 Å². The lowest BCUT2D eigenvalue weighted by molar-refractivity contribution is 0.206. The molecule has 1 aromatic rings. The third-order valence-corrected chi connectivity index (χ3v) is 2.71. The molecule has 2 amide bonds. The zero-order chi connectivity index (χ0) is 15.0. The van der Waals surface area contributed by atoms with Crippen molar-refractivity contribution in [2.24, 2.45) is 5.92 Å². The Kier molecular flexibility index (Phi) is 6.38. The van der Waals surface area contributed by atoms with Crippen molar-refractivity contribution in [3.8, 4) is 11.8 Å². The lowest BCUT2D eigenvalue weighted by Crippen LogP contribution is -2.38. The van der Waals surface area contributed by atoms with Gasteiger partial charge in [-0.25, -0.2) is 4.79 Å². The van der Waals surface area contributed by atoms with Gasteiger partial charge >= 0.3 is 6.03 Å². The SMILES string of the molecule is COc1ccccc1NC(=O)N(CCC#N)CC(C)C. The Labute approximate surface area is 120 Å². The van der Waals surface area contributed by atoms with Crippen LogP contribution in [0.15, 0.2) is 24.3 Å². The van der Waals surface area contributed by atoms with E-state index in [1.165, 1.54) is 0 Å². The Bertz CT molecular complexity index is 480. The van der Waals surface area contributed by atoms with Crippen LogP contribution in [0.5, 0.6) is 5.75 Å². The first kappa shape index (κ1) is 15.8. The van der Waals surface area contributed by atoms with Gasteiger partial charge in [-0.05, 0) is 18.1 Å². The molecule has 0 aromatic heterocycles. The van der Waals surface area contributed by atoms with Crippen molar-refractivity contribution in [3.63, 3.8) is 0 Å². The van der Waals surface area contributed by atoms with Crippen LogP contribution in [0.25, 0.3) is 0 Å². The maximum absolute atomic E-state index is 12.3. The minimum Gasteiger partial charge on any atom is -0.495 e. The van der Waals surface area contributed by atoms with Crippen LogP contribution in [0, 0.1) is 17.2 Å². The van der Waals surface area contributed by atoms with Crippen LogP contribution in [0.1, 0.15) is 20.3 Å². The molecule has 0 bridgehead atoms. The van der Waals surface area contributed by atoms with E-state index in [-0.39, 0.29) is 6.03 Å². The molecule has 20 heavy (non-hydrogen) atoms. The number of nitrogens with one attached hydrogen (secondary N) is 1. The minimum absolute atomic E-state index is 0.210. The van der Waals surface area contributed by atoms with Gasteiger partial charge in [0.15, 0.2) is 0 Å². The van der Waals surface area contributed by atoms with Crippen molar-refractivity contribution in [2.45, 2.75) is 20.3 Å². The normalized spacial score (nSPS) is 9.95. The number of amides is 2. The second-order valence-electron chi connectivity index (χ2n) is 4.88. The van der Waals surface area contributed by atoms with Gasteiger partial charge < -0.3 is 15.0 Å². The molecule has 0 aliphatic carbocycles. The molecule has 1 aromatic carbocycles. The number of nitriles is 1. The molecule has 0 heterocycles. The summed E-state index contributed by atoms with van der Waals surface area (Å²) in [6.45, 7) is 5.11. The number of methoxy groups -OCH3 is 1. The number of nitrogens with zero attached hydrogens (tertiary/aromatic N) is 2. The quantitative estimate of drug-likeness (QED) is 0.867. The van der Waals surface area contributed by atoms with Gasteiger partial charge in [-0.2, -0.15) is 5.26 Å². The van der Waals surface area contributed by atoms with E-state index in [1.54, 1.807) is 24.1 Å². The number of benzene rings is 1. The van der Waals surface area contributed by atoms with E-state index in [1.807, 2.05) is 26.0 Å². The Hall–Kier alpha value is -2.22. The maximum atomic E-state index is 12.3. The lowest BCUT2D eigenvalue weighted by atomic mass is 10.2. The van der Waals surface area contributed by atoms with Gasteiger partial charge in [0.05, 0.1) is 25.3 Å². The Morgan fingerprint density at radius 2 is 2.15 bits per heavy atom. The smallest absolute Gasteiger partial charge is 0.321 e. The van der Waals surface area contributed by atoms with Crippen molar-refractivity contribution in [1.82, 2.24) is 4.90 Å². The van der Waals surface area contributed by atoms with Gasteiger partial charge in [0, 0.05) is 13.1 Å². The topological polar surface area (TPSA) is 65.4 Å². The van der Waals surface area contributed by atoms with Gasteiger partial charge in [-0.3, -0.25) is 0 Å². The zero-order valence-corrected chi connectivity index (χ0v) is 12.2. The highest BCUT2D eigenvalue weighted by atomic mass is 16.5. The Balaban J connectivity index is 2.76. The van der Waals surface area contributed by atoms with E-state index in [9.17, 15) is 4.79 Å². The highest BCUT2D eigenvalue weighted by Crippen LogP contribution is 2.23. The van der Waals surface area contributed by atoms with E-state index in [4.69, 9.17) is 10.00 Å². The summed E-state index contributed by atoms with van der Waals surface area (Å²) in [5.41, 5.74) is 0.630. The van der Waals surface area contributed by atoms with E-state index in [2.05, 4.69) is 11.4 Å². The van der Waals surface area contributed by atoms with Gasteiger partial charge in [-0.1, -0.05) is 26.0 Å². The maximum Gasteiger partial charge on any atom is 0.321 e. The summed E-state index contributed by atoms with van der Waals surface area (Å²) in [5, 5.41) is 11.5.